The Kier molecular flexibility index (Phi) is 4.07. The van der Waals surface area contributed by atoms with Crippen molar-refractivity contribution < 1.29 is 0 Å². The lowest BCUT2D eigenvalue weighted by molar-refractivity contribution is 1.26. The number of nitrogens with two attached hydrogens (primary N) is 1. The third-order valence-electron chi connectivity index (χ3n) is 2.17. The van der Waals surface area contributed by atoms with Crippen molar-refractivity contribution in [3.63, 3.8) is 0 Å². The molecule has 17 heavy (non-hydrogen) atoms. The Bertz CT molecular complexity index is 523. The van der Waals surface area contributed by atoms with Gasteiger partial charge >= 0.3 is 0 Å². The summed E-state index contributed by atoms with van der Waals surface area (Å²) in [6, 6.07) is 15.8. The Morgan fingerprint density at radius 2 is 1.76 bits per heavy atom. The molecule has 0 aliphatic heterocycles. The van der Waals surface area contributed by atoms with E-state index in [2.05, 4.69) is 5.10 Å². The van der Waals surface area contributed by atoms with E-state index in [1.165, 1.54) is 0 Å². The van der Waals surface area contributed by atoms with Gasteiger partial charge in [0, 0.05) is 9.79 Å². The molecule has 0 aliphatic rings. The second-order valence-corrected chi connectivity index (χ2v) is 4.90. The maximum atomic E-state index is 6.10. The lowest BCUT2D eigenvalue weighted by Gasteiger charge is -2.03. The molecule has 0 radical (unpaired) electrons. The molecule has 0 aromatic heterocycles. The Labute approximate surface area is 109 Å². The molecule has 0 heterocycles. The van der Waals surface area contributed by atoms with Crippen LogP contribution in [0.15, 0.2) is 63.4 Å². The molecule has 4 heteroatoms. The van der Waals surface area contributed by atoms with Gasteiger partial charge in [0.2, 0.25) is 0 Å². The van der Waals surface area contributed by atoms with Gasteiger partial charge in [-0.15, -0.1) is 0 Å². The summed E-state index contributed by atoms with van der Waals surface area (Å²) in [6.07, 6.45) is 1.62. The van der Waals surface area contributed by atoms with E-state index in [1.807, 2.05) is 48.5 Å². The van der Waals surface area contributed by atoms with Crippen LogP contribution >= 0.6 is 23.4 Å². The molecule has 0 saturated heterocycles. The minimum absolute atomic E-state index is 0.769. The number of rotatable bonds is 3. The van der Waals surface area contributed by atoms with Crippen molar-refractivity contribution >= 4 is 29.6 Å². The van der Waals surface area contributed by atoms with Gasteiger partial charge in [0.15, 0.2) is 0 Å². The van der Waals surface area contributed by atoms with Gasteiger partial charge in [0.25, 0.3) is 0 Å². The Balaban J connectivity index is 2.17. The van der Waals surface area contributed by atoms with E-state index >= 15 is 0 Å². The SMILES string of the molecule is NN=Cc1ccc(Sc2ccccc2Cl)cc1. The summed E-state index contributed by atoms with van der Waals surface area (Å²) < 4.78 is 0. The largest absolute Gasteiger partial charge is 0.323 e. The molecule has 2 rings (SSSR count). The smallest absolute Gasteiger partial charge is 0.0545 e. The Morgan fingerprint density at radius 1 is 1.06 bits per heavy atom. The second-order valence-electron chi connectivity index (χ2n) is 3.38. The minimum atomic E-state index is 0.769. The maximum Gasteiger partial charge on any atom is 0.0545 e. The number of halogens is 1. The van der Waals surface area contributed by atoms with Gasteiger partial charge in [-0.05, 0) is 29.8 Å². The Hall–Kier alpha value is -1.45. The number of nitrogens with zero attached hydrogens (tertiary/aromatic N) is 1. The van der Waals surface area contributed by atoms with Gasteiger partial charge in [-0.25, -0.2) is 0 Å². The third kappa shape index (κ3) is 3.25. The molecule has 0 bridgehead atoms. The summed E-state index contributed by atoms with van der Waals surface area (Å²) in [4.78, 5) is 2.18. The fourth-order valence-corrected chi connectivity index (χ4v) is 2.45. The molecule has 0 saturated carbocycles. The van der Waals surface area contributed by atoms with Gasteiger partial charge in [-0.2, -0.15) is 5.10 Å². The highest BCUT2D eigenvalue weighted by molar-refractivity contribution is 7.99. The van der Waals surface area contributed by atoms with E-state index < -0.39 is 0 Å². The fourth-order valence-electron chi connectivity index (χ4n) is 1.36. The zero-order chi connectivity index (χ0) is 12.1. The number of hydrogen-bond acceptors (Lipinski definition) is 3. The van der Waals surface area contributed by atoms with Crippen LogP contribution in [0.5, 0.6) is 0 Å². The van der Waals surface area contributed by atoms with E-state index in [1.54, 1.807) is 18.0 Å². The van der Waals surface area contributed by atoms with E-state index in [9.17, 15) is 0 Å². The van der Waals surface area contributed by atoms with Gasteiger partial charge < -0.3 is 5.84 Å². The highest BCUT2D eigenvalue weighted by atomic mass is 35.5. The molecule has 2 aromatic carbocycles. The van der Waals surface area contributed by atoms with E-state index in [0.29, 0.717) is 0 Å². The molecular weight excluding hydrogens is 252 g/mol. The number of benzene rings is 2. The zero-order valence-corrected chi connectivity index (χ0v) is 10.6. The standard InChI is InChI=1S/C13H11ClN2S/c14-12-3-1-2-4-13(12)17-11-7-5-10(6-8-11)9-16-15/h1-9H,15H2. The van der Waals surface area contributed by atoms with Crippen LogP contribution in [0.2, 0.25) is 5.02 Å². The summed E-state index contributed by atoms with van der Waals surface area (Å²) in [5, 5.41) is 4.25. The van der Waals surface area contributed by atoms with Crippen LogP contribution in [0.1, 0.15) is 5.56 Å². The van der Waals surface area contributed by atoms with Gasteiger partial charge in [0.1, 0.15) is 0 Å². The normalized spacial score (nSPS) is 10.9. The first kappa shape index (κ1) is 12.0. The topological polar surface area (TPSA) is 38.4 Å². The van der Waals surface area contributed by atoms with E-state index in [-0.39, 0.29) is 0 Å². The van der Waals surface area contributed by atoms with Gasteiger partial charge in [-0.3, -0.25) is 0 Å². The lowest BCUT2D eigenvalue weighted by atomic mass is 10.2. The van der Waals surface area contributed by atoms with Crippen LogP contribution in [0, 0.1) is 0 Å². The average Bonchev–Trinajstić information content (AvgIpc) is 2.35. The molecular formula is C13H11ClN2S. The number of hydrogen-bond donors (Lipinski definition) is 1. The predicted octanol–water partition coefficient (Wildman–Crippen LogP) is 3.78. The molecule has 0 unspecified atom stereocenters. The first-order valence-corrected chi connectivity index (χ1v) is 6.25. The monoisotopic (exact) mass is 262 g/mol. The van der Waals surface area contributed by atoms with Crippen molar-refractivity contribution in [2.75, 3.05) is 0 Å². The van der Waals surface area contributed by atoms with Crippen molar-refractivity contribution in [2.45, 2.75) is 9.79 Å². The summed E-state index contributed by atoms with van der Waals surface area (Å²) in [5.41, 5.74) is 0.982. The van der Waals surface area contributed by atoms with E-state index in [0.717, 1.165) is 20.4 Å². The minimum Gasteiger partial charge on any atom is -0.323 e. The predicted molar refractivity (Wildman–Crippen MR) is 73.8 cm³/mol. The van der Waals surface area contributed by atoms with E-state index in [4.69, 9.17) is 17.4 Å². The second kappa shape index (κ2) is 5.75. The molecule has 2 aromatic rings. The molecule has 2 nitrogen and oxygen atoms in total. The van der Waals surface area contributed by atoms with Crippen LogP contribution in [-0.2, 0) is 0 Å². The number of hydrazone groups is 1. The molecule has 86 valence electrons. The summed E-state index contributed by atoms with van der Waals surface area (Å²) in [5.74, 6) is 5.09. The summed E-state index contributed by atoms with van der Waals surface area (Å²) in [7, 11) is 0. The first-order chi connectivity index (χ1) is 8.29. The van der Waals surface area contributed by atoms with Crippen LogP contribution in [0.25, 0.3) is 0 Å². The van der Waals surface area contributed by atoms with Crippen molar-refractivity contribution in [3.05, 3.63) is 59.1 Å². The first-order valence-electron chi connectivity index (χ1n) is 5.05. The third-order valence-corrected chi connectivity index (χ3v) is 3.69. The van der Waals surface area contributed by atoms with Crippen LogP contribution in [0.4, 0.5) is 0 Å². The van der Waals surface area contributed by atoms with Crippen molar-refractivity contribution in [1.29, 1.82) is 0 Å². The molecule has 0 fully saturated rings. The van der Waals surface area contributed by atoms with Crippen LogP contribution in [-0.4, -0.2) is 6.21 Å². The molecule has 0 atom stereocenters. The van der Waals surface area contributed by atoms with Crippen LogP contribution in [0.3, 0.4) is 0 Å². The molecule has 0 aliphatic carbocycles. The van der Waals surface area contributed by atoms with Crippen LogP contribution < -0.4 is 5.84 Å². The molecule has 2 N–H and O–H groups in total. The lowest BCUT2D eigenvalue weighted by Crippen LogP contribution is -1.85. The fraction of sp³-hybridized carbons (Fsp3) is 0. The molecule has 0 spiro atoms. The Morgan fingerprint density at radius 3 is 2.41 bits per heavy atom. The highest BCUT2D eigenvalue weighted by Crippen LogP contribution is 2.32. The highest BCUT2D eigenvalue weighted by Gasteiger charge is 2.01. The molecule has 0 amide bonds. The maximum absolute atomic E-state index is 6.10. The zero-order valence-electron chi connectivity index (χ0n) is 9.01. The van der Waals surface area contributed by atoms with Crippen molar-refractivity contribution in [1.82, 2.24) is 0 Å². The van der Waals surface area contributed by atoms with Crippen molar-refractivity contribution in [3.8, 4) is 0 Å². The average molecular weight is 263 g/mol. The summed E-state index contributed by atoms with van der Waals surface area (Å²) in [6.45, 7) is 0. The quantitative estimate of drug-likeness (QED) is 0.519. The van der Waals surface area contributed by atoms with Crippen molar-refractivity contribution in [2.24, 2.45) is 10.9 Å². The van der Waals surface area contributed by atoms with Gasteiger partial charge in [0.05, 0.1) is 11.2 Å². The summed E-state index contributed by atoms with van der Waals surface area (Å²) >= 11 is 7.73. The van der Waals surface area contributed by atoms with Gasteiger partial charge in [-0.1, -0.05) is 47.6 Å².